The Labute approximate surface area is 106 Å². The van der Waals surface area contributed by atoms with Gasteiger partial charge in [0.25, 0.3) is 0 Å². The minimum absolute atomic E-state index is 0.392. The molecule has 1 aromatic carbocycles. The largest absolute Gasteiger partial charge is 0.381 e. The van der Waals surface area contributed by atoms with Gasteiger partial charge in [0.1, 0.15) is 5.82 Å². The highest BCUT2D eigenvalue weighted by molar-refractivity contribution is 5.78. The van der Waals surface area contributed by atoms with Crippen LogP contribution in [0.3, 0.4) is 0 Å². The van der Waals surface area contributed by atoms with Gasteiger partial charge in [-0.1, -0.05) is 0 Å². The third-order valence-corrected chi connectivity index (χ3v) is 3.52. The summed E-state index contributed by atoms with van der Waals surface area (Å²) >= 11 is 0. The fourth-order valence-corrected chi connectivity index (χ4v) is 2.60. The van der Waals surface area contributed by atoms with Crippen LogP contribution in [0.25, 0.3) is 11.0 Å². The summed E-state index contributed by atoms with van der Waals surface area (Å²) in [6.45, 7) is 4.60. The van der Waals surface area contributed by atoms with Gasteiger partial charge in [0.15, 0.2) is 0 Å². The van der Waals surface area contributed by atoms with Crippen LogP contribution in [0.15, 0.2) is 18.2 Å². The molecule has 1 fully saturated rings. The van der Waals surface area contributed by atoms with E-state index in [0.717, 1.165) is 43.0 Å². The summed E-state index contributed by atoms with van der Waals surface area (Å²) in [5.74, 6) is 1.49. The van der Waals surface area contributed by atoms with E-state index >= 15 is 0 Å². The first-order valence-electron chi connectivity index (χ1n) is 6.31. The Balaban J connectivity index is 2.16. The SMILES string of the molecule is CCn1c(C2CCOC2)nc2cc(C#N)ccc21. The predicted molar refractivity (Wildman–Crippen MR) is 68.3 cm³/mol. The molecule has 1 aliphatic heterocycles. The van der Waals surface area contributed by atoms with E-state index < -0.39 is 0 Å². The van der Waals surface area contributed by atoms with Crippen molar-refractivity contribution in [3.05, 3.63) is 29.6 Å². The molecule has 3 rings (SSSR count). The van der Waals surface area contributed by atoms with Crippen LogP contribution in [0.5, 0.6) is 0 Å². The van der Waals surface area contributed by atoms with Gasteiger partial charge in [0.05, 0.1) is 29.3 Å². The van der Waals surface area contributed by atoms with Crippen LogP contribution in [-0.2, 0) is 11.3 Å². The summed E-state index contributed by atoms with van der Waals surface area (Å²) in [6, 6.07) is 7.87. The fraction of sp³-hybridized carbons (Fsp3) is 0.429. The van der Waals surface area contributed by atoms with E-state index in [4.69, 9.17) is 15.0 Å². The lowest BCUT2D eigenvalue weighted by Gasteiger charge is -2.10. The monoisotopic (exact) mass is 241 g/mol. The Hall–Kier alpha value is -1.86. The van der Waals surface area contributed by atoms with E-state index in [-0.39, 0.29) is 0 Å². The standard InChI is InChI=1S/C14H15N3O/c1-2-17-13-4-3-10(8-15)7-12(13)16-14(17)11-5-6-18-9-11/h3-4,7,11H,2,5-6,9H2,1H3. The molecular formula is C14H15N3O. The molecular weight excluding hydrogens is 226 g/mol. The number of rotatable bonds is 2. The molecule has 0 saturated carbocycles. The molecule has 4 nitrogen and oxygen atoms in total. The average molecular weight is 241 g/mol. The molecule has 0 aliphatic carbocycles. The highest BCUT2D eigenvalue weighted by Gasteiger charge is 2.23. The van der Waals surface area contributed by atoms with Crippen molar-refractivity contribution >= 4 is 11.0 Å². The number of benzene rings is 1. The molecule has 1 unspecified atom stereocenters. The number of aromatic nitrogens is 2. The second-order valence-corrected chi connectivity index (χ2v) is 4.59. The zero-order chi connectivity index (χ0) is 12.5. The van der Waals surface area contributed by atoms with E-state index in [1.54, 1.807) is 0 Å². The predicted octanol–water partition coefficient (Wildman–Crippen LogP) is 2.43. The fourth-order valence-electron chi connectivity index (χ4n) is 2.60. The Morgan fingerprint density at radius 2 is 2.44 bits per heavy atom. The summed E-state index contributed by atoms with van der Waals surface area (Å²) in [6.07, 6.45) is 1.04. The van der Waals surface area contributed by atoms with Gasteiger partial charge in [-0.2, -0.15) is 5.26 Å². The molecule has 1 aromatic heterocycles. The molecule has 0 radical (unpaired) electrons. The topological polar surface area (TPSA) is 50.8 Å². The quantitative estimate of drug-likeness (QED) is 0.811. The van der Waals surface area contributed by atoms with Crippen molar-refractivity contribution in [1.29, 1.82) is 5.26 Å². The van der Waals surface area contributed by atoms with Crippen LogP contribution in [0.4, 0.5) is 0 Å². The van der Waals surface area contributed by atoms with Crippen molar-refractivity contribution in [3.8, 4) is 6.07 Å². The number of fused-ring (bicyclic) bond motifs is 1. The molecule has 92 valence electrons. The summed E-state index contributed by atoms with van der Waals surface area (Å²) < 4.78 is 7.68. The number of nitriles is 1. The van der Waals surface area contributed by atoms with Gasteiger partial charge >= 0.3 is 0 Å². The summed E-state index contributed by atoms with van der Waals surface area (Å²) in [5.41, 5.74) is 2.69. The molecule has 4 heteroatoms. The van der Waals surface area contributed by atoms with E-state index in [9.17, 15) is 0 Å². The number of hydrogen-bond donors (Lipinski definition) is 0. The van der Waals surface area contributed by atoms with Crippen LogP contribution < -0.4 is 0 Å². The Kier molecular flexibility index (Phi) is 2.77. The summed E-state index contributed by atoms with van der Waals surface area (Å²) in [4.78, 5) is 4.71. The number of imidazole rings is 1. The number of hydrogen-bond acceptors (Lipinski definition) is 3. The normalized spacial score (nSPS) is 19.2. The van der Waals surface area contributed by atoms with Gasteiger partial charge in [0, 0.05) is 19.1 Å². The molecule has 0 spiro atoms. The van der Waals surface area contributed by atoms with Gasteiger partial charge in [-0.05, 0) is 31.5 Å². The van der Waals surface area contributed by atoms with Gasteiger partial charge in [0.2, 0.25) is 0 Å². The van der Waals surface area contributed by atoms with Gasteiger partial charge in [-0.3, -0.25) is 0 Å². The van der Waals surface area contributed by atoms with Crippen molar-refractivity contribution in [3.63, 3.8) is 0 Å². The van der Waals surface area contributed by atoms with Crippen molar-refractivity contribution in [2.75, 3.05) is 13.2 Å². The van der Waals surface area contributed by atoms with Crippen molar-refractivity contribution < 1.29 is 4.74 Å². The lowest BCUT2D eigenvalue weighted by Crippen LogP contribution is -2.08. The minimum atomic E-state index is 0.392. The van der Waals surface area contributed by atoms with Crippen LogP contribution in [0.2, 0.25) is 0 Å². The zero-order valence-electron chi connectivity index (χ0n) is 10.4. The number of ether oxygens (including phenoxy) is 1. The Bertz CT molecular complexity index is 618. The minimum Gasteiger partial charge on any atom is -0.381 e. The van der Waals surface area contributed by atoms with Crippen LogP contribution in [0, 0.1) is 11.3 Å². The van der Waals surface area contributed by atoms with Crippen LogP contribution in [-0.4, -0.2) is 22.8 Å². The maximum absolute atomic E-state index is 8.94. The van der Waals surface area contributed by atoms with Gasteiger partial charge in [-0.15, -0.1) is 0 Å². The maximum atomic E-state index is 8.94. The zero-order valence-corrected chi connectivity index (χ0v) is 10.4. The summed E-state index contributed by atoms with van der Waals surface area (Å²) in [7, 11) is 0. The average Bonchev–Trinajstić information content (AvgIpc) is 3.04. The van der Waals surface area contributed by atoms with Crippen molar-refractivity contribution in [2.24, 2.45) is 0 Å². The highest BCUT2D eigenvalue weighted by atomic mass is 16.5. The van der Waals surface area contributed by atoms with E-state index in [1.807, 2.05) is 18.2 Å². The number of nitrogens with zero attached hydrogens (tertiary/aromatic N) is 3. The van der Waals surface area contributed by atoms with Crippen molar-refractivity contribution in [2.45, 2.75) is 25.8 Å². The lowest BCUT2D eigenvalue weighted by molar-refractivity contribution is 0.193. The molecule has 18 heavy (non-hydrogen) atoms. The van der Waals surface area contributed by atoms with E-state index in [0.29, 0.717) is 11.5 Å². The smallest absolute Gasteiger partial charge is 0.115 e. The maximum Gasteiger partial charge on any atom is 0.115 e. The molecule has 0 bridgehead atoms. The molecule has 2 aromatic rings. The molecule has 0 amide bonds. The summed E-state index contributed by atoms with van der Waals surface area (Å²) in [5, 5.41) is 8.94. The number of aryl methyl sites for hydroxylation is 1. The molecule has 1 aliphatic rings. The van der Waals surface area contributed by atoms with Gasteiger partial charge < -0.3 is 9.30 Å². The lowest BCUT2D eigenvalue weighted by atomic mass is 10.1. The first-order valence-corrected chi connectivity index (χ1v) is 6.31. The van der Waals surface area contributed by atoms with Crippen LogP contribution >= 0.6 is 0 Å². The van der Waals surface area contributed by atoms with E-state index in [2.05, 4.69) is 17.6 Å². The molecule has 1 saturated heterocycles. The first-order chi connectivity index (χ1) is 8.83. The Morgan fingerprint density at radius 1 is 1.56 bits per heavy atom. The van der Waals surface area contributed by atoms with Gasteiger partial charge in [-0.25, -0.2) is 4.98 Å². The van der Waals surface area contributed by atoms with Crippen LogP contribution in [0.1, 0.15) is 30.7 Å². The second-order valence-electron chi connectivity index (χ2n) is 4.59. The third-order valence-electron chi connectivity index (χ3n) is 3.52. The third kappa shape index (κ3) is 1.68. The molecule has 0 N–H and O–H groups in total. The van der Waals surface area contributed by atoms with E-state index in [1.165, 1.54) is 0 Å². The molecule has 1 atom stereocenters. The molecule has 2 heterocycles. The van der Waals surface area contributed by atoms with Crippen molar-refractivity contribution in [1.82, 2.24) is 9.55 Å². The highest BCUT2D eigenvalue weighted by Crippen LogP contribution is 2.28. The Morgan fingerprint density at radius 3 is 3.11 bits per heavy atom. The second kappa shape index (κ2) is 4.43. The first kappa shape index (κ1) is 11.2.